The van der Waals surface area contributed by atoms with Crippen molar-refractivity contribution in [1.82, 2.24) is 14.7 Å². The Morgan fingerprint density at radius 2 is 2.05 bits per heavy atom. The fourth-order valence-corrected chi connectivity index (χ4v) is 3.10. The second-order valence-corrected chi connectivity index (χ2v) is 6.00. The first-order chi connectivity index (χ1) is 10.0. The summed E-state index contributed by atoms with van der Waals surface area (Å²) in [6.45, 7) is 1.56. The van der Waals surface area contributed by atoms with Crippen LogP contribution in [-0.2, 0) is 11.3 Å². The monoisotopic (exact) mass is 297 g/mol. The molecule has 120 valence electrons. The number of hydrogen-bond acceptors (Lipinski definition) is 5. The van der Waals surface area contributed by atoms with Crippen LogP contribution in [0.5, 0.6) is 5.75 Å². The molecule has 1 aliphatic rings. The third-order valence-electron chi connectivity index (χ3n) is 4.44. The molecule has 0 radical (unpaired) electrons. The van der Waals surface area contributed by atoms with Crippen LogP contribution in [0.25, 0.3) is 0 Å². The van der Waals surface area contributed by atoms with Gasteiger partial charge >= 0.3 is 0 Å². The molecule has 1 fully saturated rings. The number of hydrogen-bond donors (Lipinski definition) is 1. The Balaban J connectivity index is 2.29. The van der Waals surface area contributed by atoms with Gasteiger partial charge in [-0.1, -0.05) is 12.8 Å². The molecule has 0 saturated heterocycles. The van der Waals surface area contributed by atoms with Gasteiger partial charge in [-0.2, -0.15) is 5.10 Å². The molecular formula is C15H27N3O3. The van der Waals surface area contributed by atoms with Crippen LogP contribution in [0.4, 0.5) is 0 Å². The van der Waals surface area contributed by atoms with E-state index >= 15 is 0 Å². The normalized spacial score (nSPS) is 19.1. The quantitative estimate of drug-likeness (QED) is 0.825. The molecule has 1 atom stereocenters. The van der Waals surface area contributed by atoms with E-state index in [4.69, 9.17) is 9.47 Å². The Bertz CT molecular complexity index is 453. The van der Waals surface area contributed by atoms with Crippen LogP contribution in [0.1, 0.15) is 37.5 Å². The van der Waals surface area contributed by atoms with Gasteiger partial charge in [0.2, 0.25) is 0 Å². The van der Waals surface area contributed by atoms with Crippen molar-refractivity contribution in [2.24, 2.45) is 0 Å². The summed E-state index contributed by atoms with van der Waals surface area (Å²) in [5.74, 6) is 0.629. The van der Waals surface area contributed by atoms with Crippen molar-refractivity contribution < 1.29 is 14.6 Å². The van der Waals surface area contributed by atoms with Gasteiger partial charge in [-0.05, 0) is 26.9 Å². The summed E-state index contributed by atoms with van der Waals surface area (Å²) in [5.41, 5.74) is 0.214. The van der Waals surface area contributed by atoms with E-state index < -0.39 is 11.7 Å². The third-order valence-corrected chi connectivity index (χ3v) is 4.44. The van der Waals surface area contributed by atoms with Crippen molar-refractivity contribution in [1.29, 1.82) is 0 Å². The van der Waals surface area contributed by atoms with Crippen LogP contribution in [0, 0.1) is 0 Å². The first-order valence-electron chi connectivity index (χ1n) is 7.51. The minimum atomic E-state index is -0.718. The SMILES string of the molecule is COc1cnn(CCN(C)C)c1C(O)C1(OC)CCCC1. The molecule has 0 aliphatic heterocycles. The van der Waals surface area contributed by atoms with E-state index in [0.717, 1.165) is 37.9 Å². The molecule has 1 aliphatic carbocycles. The van der Waals surface area contributed by atoms with Crippen LogP contribution in [-0.4, -0.2) is 60.2 Å². The third kappa shape index (κ3) is 3.22. The number of aromatic nitrogens is 2. The van der Waals surface area contributed by atoms with Gasteiger partial charge in [-0.15, -0.1) is 0 Å². The molecule has 6 nitrogen and oxygen atoms in total. The lowest BCUT2D eigenvalue weighted by molar-refractivity contribution is -0.104. The minimum Gasteiger partial charge on any atom is -0.493 e. The lowest BCUT2D eigenvalue weighted by Crippen LogP contribution is -2.37. The van der Waals surface area contributed by atoms with Crippen LogP contribution in [0.3, 0.4) is 0 Å². The van der Waals surface area contributed by atoms with Crippen molar-refractivity contribution in [2.75, 3.05) is 34.9 Å². The Kier molecular flexibility index (Phi) is 5.24. The first-order valence-corrected chi connectivity index (χ1v) is 7.51. The molecule has 21 heavy (non-hydrogen) atoms. The molecule has 0 aromatic carbocycles. The Morgan fingerprint density at radius 3 is 2.57 bits per heavy atom. The summed E-state index contributed by atoms with van der Waals surface area (Å²) < 4.78 is 12.9. The van der Waals surface area contributed by atoms with Crippen molar-refractivity contribution in [3.8, 4) is 5.75 Å². The van der Waals surface area contributed by atoms with Crippen LogP contribution >= 0.6 is 0 Å². The lowest BCUT2D eigenvalue weighted by Gasteiger charge is -2.33. The maximum absolute atomic E-state index is 10.9. The zero-order valence-electron chi connectivity index (χ0n) is 13.5. The Labute approximate surface area is 126 Å². The molecule has 1 aromatic heterocycles. The van der Waals surface area contributed by atoms with Gasteiger partial charge in [0.25, 0.3) is 0 Å². The highest BCUT2D eigenvalue weighted by Crippen LogP contribution is 2.44. The molecule has 1 N–H and O–H groups in total. The van der Waals surface area contributed by atoms with Gasteiger partial charge < -0.3 is 19.5 Å². The van der Waals surface area contributed by atoms with E-state index in [1.165, 1.54) is 0 Å². The van der Waals surface area contributed by atoms with Crippen molar-refractivity contribution in [3.05, 3.63) is 11.9 Å². The molecule has 0 bridgehead atoms. The summed E-state index contributed by atoms with van der Waals surface area (Å²) in [5, 5.41) is 15.3. The highest BCUT2D eigenvalue weighted by atomic mass is 16.5. The van der Waals surface area contributed by atoms with Gasteiger partial charge in [-0.25, -0.2) is 0 Å². The number of aliphatic hydroxyl groups is 1. The summed E-state index contributed by atoms with van der Waals surface area (Å²) >= 11 is 0. The van der Waals surface area contributed by atoms with Crippen LogP contribution in [0.15, 0.2) is 6.20 Å². The molecule has 1 aromatic rings. The van der Waals surface area contributed by atoms with E-state index in [1.807, 2.05) is 18.8 Å². The average molecular weight is 297 g/mol. The number of nitrogens with zero attached hydrogens (tertiary/aromatic N) is 3. The highest BCUT2D eigenvalue weighted by Gasteiger charge is 2.44. The van der Waals surface area contributed by atoms with E-state index in [9.17, 15) is 5.11 Å². The molecular weight excluding hydrogens is 270 g/mol. The first kappa shape index (κ1) is 16.3. The zero-order chi connectivity index (χ0) is 15.5. The maximum Gasteiger partial charge on any atom is 0.162 e. The fourth-order valence-electron chi connectivity index (χ4n) is 3.10. The molecule has 0 amide bonds. The highest BCUT2D eigenvalue weighted by molar-refractivity contribution is 5.29. The molecule has 1 saturated carbocycles. The van der Waals surface area contributed by atoms with Crippen molar-refractivity contribution in [3.63, 3.8) is 0 Å². The predicted molar refractivity (Wildman–Crippen MR) is 80.5 cm³/mol. The van der Waals surface area contributed by atoms with Gasteiger partial charge in [-0.3, -0.25) is 4.68 Å². The number of likely N-dealkylation sites (N-methyl/N-ethyl adjacent to an activating group) is 1. The van der Waals surface area contributed by atoms with Gasteiger partial charge in [0.05, 0.1) is 25.5 Å². The molecule has 1 heterocycles. The number of ether oxygens (including phenoxy) is 2. The summed E-state index contributed by atoms with van der Waals surface area (Å²) in [7, 11) is 7.33. The number of aliphatic hydroxyl groups excluding tert-OH is 1. The second kappa shape index (κ2) is 6.77. The van der Waals surface area contributed by atoms with Crippen molar-refractivity contribution >= 4 is 0 Å². The van der Waals surface area contributed by atoms with E-state index in [2.05, 4.69) is 10.00 Å². The topological polar surface area (TPSA) is 59.8 Å². The molecule has 0 spiro atoms. The number of rotatable bonds is 7. The Morgan fingerprint density at radius 1 is 1.38 bits per heavy atom. The van der Waals surface area contributed by atoms with Crippen LogP contribution in [0.2, 0.25) is 0 Å². The van der Waals surface area contributed by atoms with E-state index in [-0.39, 0.29) is 0 Å². The molecule has 6 heteroatoms. The standard InChI is InChI=1S/C15H27N3O3/c1-17(2)9-10-18-13(12(20-3)11-16-18)14(19)15(21-4)7-5-6-8-15/h11,14,19H,5-10H2,1-4H3. The Hall–Kier alpha value is -1.11. The summed E-state index contributed by atoms with van der Waals surface area (Å²) in [4.78, 5) is 2.09. The molecule has 2 rings (SSSR count). The van der Waals surface area contributed by atoms with E-state index in [0.29, 0.717) is 12.3 Å². The summed E-state index contributed by atoms with van der Waals surface area (Å²) in [6.07, 6.45) is 4.86. The average Bonchev–Trinajstić information content (AvgIpc) is 3.11. The molecule has 1 unspecified atom stereocenters. The van der Waals surface area contributed by atoms with Gasteiger partial charge in [0.1, 0.15) is 11.8 Å². The van der Waals surface area contributed by atoms with E-state index in [1.54, 1.807) is 20.4 Å². The van der Waals surface area contributed by atoms with Gasteiger partial charge in [0, 0.05) is 13.7 Å². The van der Waals surface area contributed by atoms with Gasteiger partial charge in [0.15, 0.2) is 5.75 Å². The number of methoxy groups -OCH3 is 2. The lowest BCUT2D eigenvalue weighted by atomic mass is 9.91. The van der Waals surface area contributed by atoms with Crippen molar-refractivity contribution in [2.45, 2.75) is 43.9 Å². The predicted octanol–water partition coefficient (Wildman–Crippen LogP) is 1.45. The fraction of sp³-hybridized carbons (Fsp3) is 0.800. The zero-order valence-corrected chi connectivity index (χ0v) is 13.5. The second-order valence-electron chi connectivity index (χ2n) is 6.00. The van der Waals surface area contributed by atoms with Crippen LogP contribution < -0.4 is 4.74 Å². The maximum atomic E-state index is 10.9. The smallest absolute Gasteiger partial charge is 0.162 e. The largest absolute Gasteiger partial charge is 0.493 e. The minimum absolute atomic E-state index is 0.511. The summed E-state index contributed by atoms with van der Waals surface area (Å²) in [6, 6.07) is 0.